The Labute approximate surface area is 166 Å². The van der Waals surface area contributed by atoms with Crippen LogP contribution in [0.3, 0.4) is 0 Å². The molecule has 2 aromatic carbocycles. The zero-order chi connectivity index (χ0) is 20.6. The van der Waals surface area contributed by atoms with Crippen LogP contribution in [0.4, 0.5) is 10.5 Å². The Morgan fingerprint density at radius 1 is 1.00 bits per heavy atom. The van der Waals surface area contributed by atoms with E-state index < -0.39 is 11.7 Å². The first kappa shape index (κ1) is 21.3. The van der Waals surface area contributed by atoms with Gasteiger partial charge in [0, 0.05) is 13.0 Å². The molecule has 0 saturated heterocycles. The topological polar surface area (TPSA) is 76.7 Å². The van der Waals surface area contributed by atoms with Crippen molar-refractivity contribution in [1.82, 2.24) is 5.32 Å². The molecule has 0 heterocycles. The van der Waals surface area contributed by atoms with E-state index in [1.807, 2.05) is 43.3 Å². The predicted molar refractivity (Wildman–Crippen MR) is 110 cm³/mol. The second-order valence-corrected chi connectivity index (χ2v) is 7.49. The highest BCUT2D eigenvalue weighted by molar-refractivity contribution is 5.92. The van der Waals surface area contributed by atoms with E-state index in [9.17, 15) is 9.59 Å². The fourth-order valence-corrected chi connectivity index (χ4v) is 2.36. The number of carbonyl (C=O) groups is 2. The van der Waals surface area contributed by atoms with Crippen LogP contribution in [-0.2, 0) is 9.53 Å². The van der Waals surface area contributed by atoms with Gasteiger partial charge in [-0.2, -0.15) is 0 Å². The number of benzene rings is 2. The first-order chi connectivity index (χ1) is 13.2. The molecular weight excluding hydrogens is 356 g/mol. The second-order valence-electron chi connectivity index (χ2n) is 7.49. The van der Waals surface area contributed by atoms with Crippen LogP contribution in [0.5, 0.6) is 11.5 Å². The minimum Gasteiger partial charge on any atom is -0.455 e. The smallest absolute Gasteiger partial charge is 0.407 e. The lowest BCUT2D eigenvalue weighted by atomic mass is 10.2. The normalized spacial score (nSPS) is 10.9. The molecule has 0 radical (unpaired) electrons. The van der Waals surface area contributed by atoms with Gasteiger partial charge in [0.05, 0.1) is 5.69 Å². The molecule has 0 saturated carbocycles. The Morgan fingerprint density at radius 3 is 2.36 bits per heavy atom. The van der Waals surface area contributed by atoms with Crippen LogP contribution in [0.25, 0.3) is 0 Å². The molecule has 0 aliphatic rings. The van der Waals surface area contributed by atoms with Gasteiger partial charge in [0.2, 0.25) is 5.91 Å². The Bertz CT molecular complexity index is 795. The molecule has 0 atom stereocenters. The van der Waals surface area contributed by atoms with Crippen LogP contribution in [0.2, 0.25) is 0 Å². The maximum Gasteiger partial charge on any atom is 0.407 e. The van der Waals surface area contributed by atoms with Gasteiger partial charge in [-0.3, -0.25) is 4.79 Å². The highest BCUT2D eigenvalue weighted by Gasteiger charge is 2.15. The third-order valence-corrected chi connectivity index (χ3v) is 3.66. The average Bonchev–Trinajstić information content (AvgIpc) is 2.61. The molecule has 28 heavy (non-hydrogen) atoms. The van der Waals surface area contributed by atoms with Crippen LogP contribution < -0.4 is 15.4 Å². The monoisotopic (exact) mass is 384 g/mol. The number of nitrogens with one attached hydrogen (secondary N) is 2. The third-order valence-electron chi connectivity index (χ3n) is 3.66. The van der Waals surface area contributed by atoms with Crippen LogP contribution in [0.1, 0.15) is 39.2 Å². The largest absolute Gasteiger partial charge is 0.455 e. The molecule has 6 heteroatoms. The predicted octanol–water partition coefficient (Wildman–Crippen LogP) is 5.03. The molecule has 150 valence electrons. The van der Waals surface area contributed by atoms with Gasteiger partial charge in [-0.15, -0.1) is 0 Å². The fourth-order valence-electron chi connectivity index (χ4n) is 2.36. The van der Waals surface area contributed by atoms with Crippen LogP contribution in [-0.4, -0.2) is 24.1 Å². The Kier molecular flexibility index (Phi) is 7.44. The molecule has 2 amide bonds. The number of hydrogen-bond acceptors (Lipinski definition) is 4. The second kappa shape index (κ2) is 9.78. The molecule has 0 aliphatic heterocycles. The van der Waals surface area contributed by atoms with Crippen molar-refractivity contribution in [1.29, 1.82) is 0 Å². The lowest BCUT2D eigenvalue weighted by Gasteiger charge is -2.19. The van der Waals surface area contributed by atoms with Crippen molar-refractivity contribution in [3.8, 4) is 11.5 Å². The lowest BCUT2D eigenvalue weighted by Crippen LogP contribution is -2.33. The molecule has 2 rings (SSSR count). The summed E-state index contributed by atoms with van der Waals surface area (Å²) in [4.78, 5) is 23.8. The summed E-state index contributed by atoms with van der Waals surface area (Å²) >= 11 is 0. The van der Waals surface area contributed by atoms with E-state index >= 15 is 0 Å². The van der Waals surface area contributed by atoms with Gasteiger partial charge in [-0.05, 0) is 58.4 Å². The van der Waals surface area contributed by atoms with Crippen molar-refractivity contribution in [3.05, 3.63) is 54.1 Å². The summed E-state index contributed by atoms with van der Waals surface area (Å²) in [5.74, 6) is 1.13. The first-order valence-corrected chi connectivity index (χ1v) is 9.33. The Hall–Kier alpha value is -3.02. The minimum atomic E-state index is -0.539. The highest BCUT2D eigenvalue weighted by atomic mass is 16.6. The number of amides is 2. The van der Waals surface area contributed by atoms with E-state index in [-0.39, 0.29) is 12.3 Å². The van der Waals surface area contributed by atoms with E-state index in [0.29, 0.717) is 30.2 Å². The standard InChI is InChI=1S/C22H28N2O4/c1-16-11-13-17(14-12-16)27-19-9-6-5-8-18(19)24-20(25)10-7-15-23-21(26)28-22(2,3)4/h5-6,8-9,11-14H,7,10,15H2,1-4H3,(H,23,26)(H,24,25). The average molecular weight is 384 g/mol. The van der Waals surface area contributed by atoms with Gasteiger partial charge < -0.3 is 20.1 Å². The number of carbonyl (C=O) groups excluding carboxylic acids is 2. The molecule has 0 fully saturated rings. The van der Waals surface area contributed by atoms with Crippen molar-refractivity contribution >= 4 is 17.7 Å². The van der Waals surface area contributed by atoms with Crippen LogP contribution in [0, 0.1) is 6.92 Å². The molecule has 2 aromatic rings. The fraction of sp³-hybridized carbons (Fsp3) is 0.364. The molecule has 0 spiro atoms. The summed E-state index contributed by atoms with van der Waals surface area (Å²) < 4.78 is 11.0. The number of ether oxygens (including phenoxy) is 2. The summed E-state index contributed by atoms with van der Waals surface area (Å²) in [6.45, 7) is 7.78. The van der Waals surface area contributed by atoms with Gasteiger partial charge in [0.25, 0.3) is 0 Å². The maximum atomic E-state index is 12.2. The summed E-state index contributed by atoms with van der Waals surface area (Å²) in [6.07, 6.45) is 0.297. The molecule has 2 N–H and O–H groups in total. The number of rotatable bonds is 7. The van der Waals surface area contributed by atoms with Gasteiger partial charge >= 0.3 is 6.09 Å². The molecular formula is C22H28N2O4. The maximum absolute atomic E-state index is 12.2. The quantitative estimate of drug-likeness (QED) is 0.656. The van der Waals surface area contributed by atoms with Crippen molar-refractivity contribution in [2.75, 3.05) is 11.9 Å². The van der Waals surface area contributed by atoms with E-state index in [1.54, 1.807) is 32.9 Å². The van der Waals surface area contributed by atoms with E-state index in [4.69, 9.17) is 9.47 Å². The van der Waals surface area contributed by atoms with Gasteiger partial charge in [-0.25, -0.2) is 4.79 Å². The molecule has 0 unspecified atom stereocenters. The van der Waals surface area contributed by atoms with Gasteiger partial charge in [0.1, 0.15) is 11.4 Å². The number of alkyl carbamates (subject to hydrolysis) is 1. The first-order valence-electron chi connectivity index (χ1n) is 9.33. The van der Waals surface area contributed by atoms with Gasteiger partial charge in [0.15, 0.2) is 5.75 Å². The van der Waals surface area contributed by atoms with Crippen molar-refractivity contribution < 1.29 is 19.1 Å². The molecule has 6 nitrogen and oxygen atoms in total. The SMILES string of the molecule is Cc1ccc(Oc2ccccc2NC(=O)CCCNC(=O)OC(C)(C)C)cc1. The summed E-state index contributed by atoms with van der Waals surface area (Å²) in [5, 5.41) is 5.50. The van der Waals surface area contributed by atoms with Crippen LogP contribution in [0.15, 0.2) is 48.5 Å². The van der Waals surface area contributed by atoms with Crippen LogP contribution >= 0.6 is 0 Å². The van der Waals surface area contributed by atoms with Gasteiger partial charge in [-0.1, -0.05) is 29.8 Å². The number of aryl methyl sites for hydroxylation is 1. The lowest BCUT2D eigenvalue weighted by molar-refractivity contribution is -0.116. The zero-order valence-electron chi connectivity index (χ0n) is 16.9. The Morgan fingerprint density at radius 2 is 1.68 bits per heavy atom. The van der Waals surface area contributed by atoms with E-state index in [2.05, 4.69) is 10.6 Å². The van der Waals surface area contributed by atoms with Crippen molar-refractivity contribution in [3.63, 3.8) is 0 Å². The third kappa shape index (κ3) is 7.70. The molecule has 0 aromatic heterocycles. The number of hydrogen-bond donors (Lipinski definition) is 2. The number of para-hydroxylation sites is 2. The van der Waals surface area contributed by atoms with E-state index in [1.165, 1.54) is 0 Å². The minimum absolute atomic E-state index is 0.147. The number of anilines is 1. The summed E-state index contributed by atoms with van der Waals surface area (Å²) in [7, 11) is 0. The Balaban J connectivity index is 1.82. The molecule has 0 bridgehead atoms. The zero-order valence-corrected chi connectivity index (χ0v) is 16.9. The van der Waals surface area contributed by atoms with Crippen molar-refractivity contribution in [2.45, 2.75) is 46.1 Å². The van der Waals surface area contributed by atoms with Crippen molar-refractivity contribution in [2.24, 2.45) is 0 Å². The van der Waals surface area contributed by atoms with E-state index in [0.717, 1.165) is 5.56 Å². The summed E-state index contributed by atoms with van der Waals surface area (Å²) in [5.41, 5.74) is 1.21. The summed E-state index contributed by atoms with van der Waals surface area (Å²) in [6, 6.07) is 15.0. The molecule has 0 aliphatic carbocycles. The highest BCUT2D eigenvalue weighted by Crippen LogP contribution is 2.29.